The predicted molar refractivity (Wildman–Crippen MR) is 97.4 cm³/mol. The molecule has 130 valence electrons. The number of hydrogen-bond donors (Lipinski definition) is 1. The molecule has 5 rings (SSSR count). The molecule has 7 heteroatoms. The van der Waals surface area contributed by atoms with Crippen LogP contribution in [0.5, 0.6) is 0 Å². The number of imidazole rings is 1. The first kappa shape index (κ1) is 14.7. The zero-order valence-electron chi connectivity index (χ0n) is 14.5. The summed E-state index contributed by atoms with van der Waals surface area (Å²) in [4.78, 5) is 11.6. The van der Waals surface area contributed by atoms with Crippen molar-refractivity contribution >= 4 is 23.1 Å². The van der Waals surface area contributed by atoms with Crippen molar-refractivity contribution in [1.29, 1.82) is 0 Å². The van der Waals surface area contributed by atoms with E-state index >= 15 is 0 Å². The van der Waals surface area contributed by atoms with Crippen LogP contribution in [-0.2, 0) is 0 Å². The van der Waals surface area contributed by atoms with Gasteiger partial charge in [-0.3, -0.25) is 0 Å². The maximum absolute atomic E-state index is 4.82. The molecule has 1 N–H and O–H groups in total. The van der Waals surface area contributed by atoms with Crippen molar-refractivity contribution in [2.45, 2.75) is 51.1 Å². The third-order valence-electron chi connectivity index (χ3n) is 5.53. The van der Waals surface area contributed by atoms with Crippen LogP contribution in [0.15, 0.2) is 30.9 Å². The highest BCUT2D eigenvalue weighted by Crippen LogP contribution is 2.32. The molecule has 2 fully saturated rings. The van der Waals surface area contributed by atoms with Crippen LogP contribution in [0.1, 0.15) is 45.1 Å². The molecular weight excluding hydrogens is 314 g/mol. The number of hydrogen-bond acceptors (Lipinski definition) is 5. The summed E-state index contributed by atoms with van der Waals surface area (Å²) < 4.78 is 4.12. The van der Waals surface area contributed by atoms with Crippen molar-refractivity contribution in [2.75, 3.05) is 16.8 Å². The van der Waals surface area contributed by atoms with Crippen molar-refractivity contribution < 1.29 is 0 Å². The molecule has 2 aliphatic rings. The second kappa shape index (κ2) is 5.75. The van der Waals surface area contributed by atoms with Crippen LogP contribution in [0.3, 0.4) is 0 Å². The van der Waals surface area contributed by atoms with Crippen LogP contribution in [0.2, 0.25) is 0 Å². The Balaban J connectivity index is 1.48. The molecule has 3 aromatic rings. The Morgan fingerprint density at radius 2 is 2.12 bits per heavy atom. The van der Waals surface area contributed by atoms with Crippen LogP contribution in [-0.4, -0.2) is 36.7 Å². The molecule has 3 aromatic heterocycles. The van der Waals surface area contributed by atoms with E-state index < -0.39 is 0 Å². The van der Waals surface area contributed by atoms with Gasteiger partial charge in [0.1, 0.15) is 11.3 Å². The van der Waals surface area contributed by atoms with E-state index in [1.165, 1.54) is 32.1 Å². The predicted octanol–water partition coefficient (Wildman–Crippen LogP) is 3.38. The zero-order valence-corrected chi connectivity index (χ0v) is 14.5. The third-order valence-corrected chi connectivity index (χ3v) is 5.53. The summed E-state index contributed by atoms with van der Waals surface area (Å²) in [6.45, 7) is 3.26. The fraction of sp³-hybridized carbons (Fsp3) is 0.500. The van der Waals surface area contributed by atoms with Crippen molar-refractivity contribution in [3.63, 3.8) is 0 Å². The van der Waals surface area contributed by atoms with Gasteiger partial charge in [0.15, 0.2) is 5.82 Å². The first-order valence-corrected chi connectivity index (χ1v) is 9.20. The number of nitrogens with one attached hydrogen (secondary N) is 1. The molecule has 0 aromatic carbocycles. The SMILES string of the molecule is C[C@@H]1CCCN1c1nc(Nc2cn(C3CCC3)cn2)c2cccn2n1. The van der Waals surface area contributed by atoms with E-state index in [4.69, 9.17) is 10.1 Å². The number of nitrogens with zero attached hydrogens (tertiary/aromatic N) is 6. The third kappa shape index (κ3) is 2.54. The van der Waals surface area contributed by atoms with E-state index in [9.17, 15) is 0 Å². The normalized spacial score (nSPS) is 21.0. The van der Waals surface area contributed by atoms with Gasteiger partial charge in [-0.2, -0.15) is 4.98 Å². The van der Waals surface area contributed by atoms with E-state index in [2.05, 4.69) is 32.9 Å². The second-order valence-electron chi connectivity index (χ2n) is 7.20. The molecule has 1 atom stereocenters. The minimum atomic E-state index is 0.485. The maximum atomic E-state index is 4.82. The van der Waals surface area contributed by atoms with Crippen LogP contribution >= 0.6 is 0 Å². The summed E-state index contributed by atoms with van der Waals surface area (Å²) >= 11 is 0. The Hall–Kier alpha value is -2.57. The fourth-order valence-electron chi connectivity index (χ4n) is 3.77. The summed E-state index contributed by atoms with van der Waals surface area (Å²) in [5.74, 6) is 2.44. The minimum absolute atomic E-state index is 0.485. The molecule has 4 heterocycles. The highest BCUT2D eigenvalue weighted by atomic mass is 15.4. The van der Waals surface area contributed by atoms with Gasteiger partial charge in [0, 0.05) is 31.0 Å². The van der Waals surface area contributed by atoms with Gasteiger partial charge in [-0.1, -0.05) is 0 Å². The van der Waals surface area contributed by atoms with Crippen LogP contribution in [0.25, 0.3) is 5.52 Å². The lowest BCUT2D eigenvalue weighted by Crippen LogP contribution is -2.29. The van der Waals surface area contributed by atoms with Gasteiger partial charge in [0.05, 0.1) is 6.33 Å². The number of rotatable bonds is 4. The van der Waals surface area contributed by atoms with Crippen LogP contribution in [0.4, 0.5) is 17.6 Å². The Morgan fingerprint density at radius 3 is 2.88 bits per heavy atom. The lowest BCUT2D eigenvalue weighted by Gasteiger charge is -2.26. The Labute approximate surface area is 146 Å². The van der Waals surface area contributed by atoms with Crippen molar-refractivity contribution in [1.82, 2.24) is 24.1 Å². The lowest BCUT2D eigenvalue weighted by atomic mass is 9.93. The Kier molecular flexibility index (Phi) is 3.39. The van der Waals surface area contributed by atoms with Gasteiger partial charge in [-0.05, 0) is 51.2 Å². The number of aromatic nitrogens is 5. The first-order chi connectivity index (χ1) is 12.3. The Morgan fingerprint density at radius 1 is 1.20 bits per heavy atom. The molecular formula is C18H23N7. The van der Waals surface area contributed by atoms with Gasteiger partial charge < -0.3 is 14.8 Å². The highest BCUT2D eigenvalue weighted by molar-refractivity contribution is 5.73. The summed E-state index contributed by atoms with van der Waals surface area (Å²) in [5, 5.41) is 8.10. The van der Waals surface area contributed by atoms with Crippen molar-refractivity contribution in [2.24, 2.45) is 0 Å². The van der Waals surface area contributed by atoms with Gasteiger partial charge in [0.2, 0.25) is 5.95 Å². The summed E-state index contributed by atoms with van der Waals surface area (Å²) in [5.41, 5.74) is 0.966. The summed E-state index contributed by atoms with van der Waals surface area (Å²) in [6, 6.07) is 5.13. The van der Waals surface area contributed by atoms with Gasteiger partial charge in [-0.15, -0.1) is 5.10 Å². The van der Waals surface area contributed by atoms with E-state index in [0.29, 0.717) is 12.1 Å². The highest BCUT2D eigenvalue weighted by Gasteiger charge is 2.24. The molecule has 25 heavy (non-hydrogen) atoms. The van der Waals surface area contributed by atoms with E-state index in [-0.39, 0.29) is 0 Å². The molecule has 1 saturated heterocycles. The topological polar surface area (TPSA) is 63.3 Å². The molecule has 1 saturated carbocycles. The number of anilines is 3. The average molecular weight is 337 g/mol. The Bertz CT molecular complexity index is 892. The standard InChI is InChI=1S/C18H23N7/c1-13-5-3-9-24(13)18-21-17(15-8-4-10-25(15)22-18)20-16-11-23(12-19-16)14-6-2-7-14/h4,8,10-14H,2-3,5-7,9H2,1H3,(H,20,21,22)/t13-/m1/s1. The zero-order chi connectivity index (χ0) is 16.8. The van der Waals surface area contributed by atoms with E-state index in [0.717, 1.165) is 29.6 Å². The minimum Gasteiger partial charge on any atom is -0.337 e. The lowest BCUT2D eigenvalue weighted by molar-refractivity contribution is 0.313. The average Bonchev–Trinajstić information content (AvgIpc) is 3.26. The molecule has 1 aliphatic heterocycles. The van der Waals surface area contributed by atoms with Crippen molar-refractivity contribution in [3.8, 4) is 0 Å². The smallest absolute Gasteiger partial charge is 0.245 e. The molecule has 0 bridgehead atoms. The van der Waals surface area contributed by atoms with E-state index in [1.54, 1.807) is 0 Å². The van der Waals surface area contributed by atoms with Crippen LogP contribution < -0.4 is 10.2 Å². The number of fused-ring (bicyclic) bond motifs is 1. The monoisotopic (exact) mass is 337 g/mol. The van der Waals surface area contributed by atoms with E-state index in [1.807, 2.05) is 29.2 Å². The van der Waals surface area contributed by atoms with Crippen LogP contribution in [0, 0.1) is 0 Å². The quantitative estimate of drug-likeness (QED) is 0.791. The summed E-state index contributed by atoms with van der Waals surface area (Å²) in [6.07, 6.45) is 12.2. The molecule has 0 amide bonds. The summed E-state index contributed by atoms with van der Waals surface area (Å²) in [7, 11) is 0. The maximum Gasteiger partial charge on any atom is 0.245 e. The molecule has 0 unspecified atom stereocenters. The van der Waals surface area contributed by atoms with Gasteiger partial charge in [-0.25, -0.2) is 9.50 Å². The second-order valence-corrected chi connectivity index (χ2v) is 7.20. The first-order valence-electron chi connectivity index (χ1n) is 9.20. The molecule has 7 nitrogen and oxygen atoms in total. The molecule has 1 aliphatic carbocycles. The molecule has 0 radical (unpaired) electrons. The largest absolute Gasteiger partial charge is 0.337 e. The molecule has 0 spiro atoms. The van der Waals surface area contributed by atoms with Gasteiger partial charge >= 0.3 is 0 Å². The van der Waals surface area contributed by atoms with Crippen molar-refractivity contribution in [3.05, 3.63) is 30.9 Å². The fourth-order valence-corrected chi connectivity index (χ4v) is 3.77. The van der Waals surface area contributed by atoms with Gasteiger partial charge in [0.25, 0.3) is 0 Å².